The molecule has 1 N–H and O–H groups in total. The Morgan fingerprint density at radius 3 is 2.42 bits per heavy atom. The normalized spacial score (nSPS) is 31.5. The molecule has 9 nitrogen and oxygen atoms in total. The molecule has 10 heteroatoms. The Labute approximate surface area is 155 Å². The van der Waals surface area contributed by atoms with E-state index in [1.165, 1.54) is 32.5 Å². The number of esters is 3. The standard InChI is InChI=1S/C16H22N2O7S/c1-5-6-17-16-18-12-14(24-10(4)21)13(23-9(3)20)11(7-22-8(2)19)25-15(12)26-16/h5,11-15H,1,6-7H2,2-4H3,(H,17,18)/t11-,12?,13-,14-,15+/m1/s1. The lowest BCUT2D eigenvalue weighted by Crippen LogP contribution is -2.62. The summed E-state index contributed by atoms with van der Waals surface area (Å²) in [7, 11) is 0. The Balaban J connectivity index is 2.27. The average molecular weight is 386 g/mol. The van der Waals surface area contributed by atoms with Gasteiger partial charge in [-0.1, -0.05) is 17.8 Å². The van der Waals surface area contributed by atoms with E-state index in [4.69, 9.17) is 18.9 Å². The summed E-state index contributed by atoms with van der Waals surface area (Å²) in [5, 5.41) is 3.74. The molecule has 26 heavy (non-hydrogen) atoms. The molecule has 0 aromatic heterocycles. The summed E-state index contributed by atoms with van der Waals surface area (Å²) in [5.41, 5.74) is -0.449. The van der Waals surface area contributed by atoms with Gasteiger partial charge in [0.2, 0.25) is 0 Å². The minimum absolute atomic E-state index is 0.131. The molecule has 2 saturated heterocycles. The smallest absolute Gasteiger partial charge is 0.303 e. The monoisotopic (exact) mass is 386 g/mol. The van der Waals surface area contributed by atoms with Crippen molar-refractivity contribution in [1.82, 2.24) is 5.32 Å². The molecule has 144 valence electrons. The molecule has 2 rings (SSSR count). The minimum Gasteiger partial charge on any atom is -0.463 e. The first-order valence-corrected chi connectivity index (χ1v) is 8.91. The fourth-order valence-corrected chi connectivity index (χ4v) is 3.81. The topological polar surface area (TPSA) is 113 Å². The second-order valence-electron chi connectivity index (χ2n) is 5.72. The first-order chi connectivity index (χ1) is 12.3. The molecule has 2 aliphatic rings. The van der Waals surface area contributed by atoms with Gasteiger partial charge in [-0.05, 0) is 0 Å². The van der Waals surface area contributed by atoms with E-state index in [1.54, 1.807) is 6.08 Å². The molecule has 0 amide bonds. The van der Waals surface area contributed by atoms with Crippen molar-refractivity contribution in [2.75, 3.05) is 13.2 Å². The lowest BCUT2D eigenvalue weighted by molar-refractivity contribution is -0.209. The van der Waals surface area contributed by atoms with Crippen molar-refractivity contribution in [3.8, 4) is 0 Å². The van der Waals surface area contributed by atoms with Crippen molar-refractivity contribution < 1.29 is 33.3 Å². The lowest BCUT2D eigenvalue weighted by atomic mass is 9.97. The Hall–Kier alpha value is -2.07. The maximum Gasteiger partial charge on any atom is 0.303 e. The van der Waals surface area contributed by atoms with E-state index in [2.05, 4.69) is 16.9 Å². The van der Waals surface area contributed by atoms with Crippen LogP contribution in [0.2, 0.25) is 0 Å². The molecular formula is C16H22N2O7S. The van der Waals surface area contributed by atoms with Crippen molar-refractivity contribution in [2.24, 2.45) is 4.99 Å². The molecular weight excluding hydrogens is 364 g/mol. The van der Waals surface area contributed by atoms with Gasteiger partial charge in [-0.25, -0.2) is 0 Å². The van der Waals surface area contributed by atoms with Gasteiger partial charge in [0.1, 0.15) is 24.2 Å². The number of nitrogens with zero attached hydrogens (tertiary/aromatic N) is 1. The van der Waals surface area contributed by atoms with Gasteiger partial charge in [0.05, 0.1) is 6.54 Å². The van der Waals surface area contributed by atoms with Gasteiger partial charge < -0.3 is 24.3 Å². The highest BCUT2D eigenvalue weighted by atomic mass is 32.2. The number of rotatable bonds is 6. The number of thioether (sulfide) groups is 1. The number of amidine groups is 1. The third kappa shape index (κ3) is 5.21. The molecule has 0 bridgehead atoms. The van der Waals surface area contributed by atoms with E-state index in [1.807, 2.05) is 0 Å². The van der Waals surface area contributed by atoms with Gasteiger partial charge in [-0.15, -0.1) is 6.58 Å². The number of nitrogens with one attached hydrogen (secondary N) is 1. The molecule has 2 heterocycles. The van der Waals surface area contributed by atoms with Crippen LogP contribution in [0.25, 0.3) is 0 Å². The summed E-state index contributed by atoms with van der Waals surface area (Å²) in [5.74, 6) is -1.58. The number of carbonyl (C=O) groups excluding carboxylic acids is 3. The Kier molecular flexibility index (Phi) is 7.04. The quantitative estimate of drug-likeness (QED) is 0.393. The van der Waals surface area contributed by atoms with Crippen LogP contribution in [-0.4, -0.2) is 66.0 Å². The number of ether oxygens (including phenoxy) is 4. The largest absolute Gasteiger partial charge is 0.463 e. The number of hydrogen-bond donors (Lipinski definition) is 1. The summed E-state index contributed by atoms with van der Waals surface area (Å²) in [6, 6.07) is -0.467. The predicted octanol–water partition coefficient (Wildman–Crippen LogP) is 0.385. The second kappa shape index (κ2) is 9.04. The van der Waals surface area contributed by atoms with Crippen LogP contribution in [-0.2, 0) is 33.3 Å². The Bertz CT molecular complexity index is 609. The van der Waals surface area contributed by atoms with Gasteiger partial charge in [-0.3, -0.25) is 19.4 Å². The van der Waals surface area contributed by atoms with Gasteiger partial charge in [0.25, 0.3) is 0 Å². The van der Waals surface area contributed by atoms with Crippen LogP contribution < -0.4 is 5.32 Å². The molecule has 5 atom stereocenters. The highest BCUT2D eigenvalue weighted by Crippen LogP contribution is 2.36. The zero-order valence-corrected chi connectivity index (χ0v) is 15.6. The molecule has 0 aromatic carbocycles. The predicted molar refractivity (Wildman–Crippen MR) is 93.4 cm³/mol. The van der Waals surface area contributed by atoms with Crippen molar-refractivity contribution >= 4 is 34.8 Å². The van der Waals surface area contributed by atoms with Crippen molar-refractivity contribution in [1.29, 1.82) is 0 Å². The van der Waals surface area contributed by atoms with Gasteiger partial charge >= 0.3 is 17.9 Å². The van der Waals surface area contributed by atoms with Crippen LogP contribution in [0, 0.1) is 0 Å². The van der Waals surface area contributed by atoms with Crippen molar-refractivity contribution in [3.05, 3.63) is 12.7 Å². The van der Waals surface area contributed by atoms with Gasteiger partial charge in [0, 0.05) is 20.8 Å². The summed E-state index contributed by atoms with van der Waals surface area (Å²) in [6.45, 7) is 7.68. The Morgan fingerprint density at radius 1 is 1.19 bits per heavy atom. The number of carbonyl (C=O) groups is 3. The van der Waals surface area contributed by atoms with Crippen LogP contribution in [0.4, 0.5) is 0 Å². The number of fused-ring (bicyclic) bond motifs is 1. The third-order valence-corrected chi connectivity index (χ3v) is 4.69. The van der Waals surface area contributed by atoms with E-state index in [0.717, 1.165) is 0 Å². The summed E-state index contributed by atoms with van der Waals surface area (Å²) in [6.07, 6.45) is -0.878. The van der Waals surface area contributed by atoms with Crippen LogP contribution in [0.15, 0.2) is 17.6 Å². The summed E-state index contributed by atoms with van der Waals surface area (Å²) < 4.78 is 21.7. The first kappa shape index (κ1) is 20.2. The van der Waals surface area contributed by atoms with E-state index in [9.17, 15) is 14.4 Å². The van der Waals surface area contributed by atoms with Crippen LogP contribution in [0.1, 0.15) is 20.8 Å². The molecule has 0 aliphatic carbocycles. The first-order valence-electron chi connectivity index (χ1n) is 8.03. The molecule has 0 aromatic rings. The van der Waals surface area contributed by atoms with E-state index in [0.29, 0.717) is 11.7 Å². The molecule has 2 fully saturated rings. The van der Waals surface area contributed by atoms with E-state index >= 15 is 0 Å². The average Bonchev–Trinajstić information content (AvgIpc) is 2.95. The minimum atomic E-state index is -0.927. The fourth-order valence-electron chi connectivity index (χ4n) is 2.67. The maximum absolute atomic E-state index is 11.6. The molecule has 0 saturated carbocycles. The molecule has 1 unspecified atom stereocenters. The Morgan fingerprint density at radius 2 is 1.85 bits per heavy atom. The number of hydrogen-bond acceptors (Lipinski definition) is 9. The third-order valence-electron chi connectivity index (χ3n) is 3.58. The summed E-state index contributed by atoms with van der Waals surface area (Å²) in [4.78, 5) is 38.6. The van der Waals surface area contributed by atoms with Crippen molar-refractivity contribution in [2.45, 2.75) is 50.6 Å². The molecule has 0 radical (unpaired) electrons. The van der Waals surface area contributed by atoms with Crippen molar-refractivity contribution in [3.63, 3.8) is 0 Å². The highest BCUT2D eigenvalue weighted by Gasteiger charge is 2.53. The van der Waals surface area contributed by atoms with Crippen LogP contribution in [0.5, 0.6) is 0 Å². The maximum atomic E-state index is 11.6. The molecule has 2 aliphatic heterocycles. The van der Waals surface area contributed by atoms with Gasteiger partial charge in [0.15, 0.2) is 17.4 Å². The number of aliphatic imine (C=N–C) groups is 1. The van der Waals surface area contributed by atoms with Crippen LogP contribution >= 0.6 is 11.8 Å². The van der Waals surface area contributed by atoms with E-state index in [-0.39, 0.29) is 6.61 Å². The zero-order valence-electron chi connectivity index (χ0n) is 14.8. The summed E-state index contributed by atoms with van der Waals surface area (Å²) >= 11 is 1.32. The zero-order chi connectivity index (χ0) is 19.3. The van der Waals surface area contributed by atoms with Gasteiger partial charge in [-0.2, -0.15) is 0 Å². The van der Waals surface area contributed by atoms with Crippen LogP contribution in [0.3, 0.4) is 0 Å². The highest BCUT2D eigenvalue weighted by molar-refractivity contribution is 8.14. The second-order valence-corrected chi connectivity index (χ2v) is 6.80. The SMILES string of the molecule is C=CCN=C1NC2[C@@H](OC(C)=O)[C@H](OC(C)=O)[C@@H](COC(C)=O)O[C@H]2S1. The van der Waals surface area contributed by atoms with E-state index < -0.39 is 47.7 Å². The fraction of sp³-hybridized carbons (Fsp3) is 0.625. The lowest BCUT2D eigenvalue weighted by Gasteiger charge is -2.41. The molecule has 0 spiro atoms.